The predicted octanol–water partition coefficient (Wildman–Crippen LogP) is 7.08. The number of carbonyl (C=O) groups excluding carboxylic acids is 2. The molecule has 1 aliphatic heterocycles. The lowest BCUT2D eigenvalue weighted by molar-refractivity contribution is -0.128. The number of benzene rings is 3. The van der Waals surface area contributed by atoms with Gasteiger partial charge in [-0.05, 0) is 72.2 Å². The van der Waals surface area contributed by atoms with E-state index in [0.29, 0.717) is 19.5 Å². The van der Waals surface area contributed by atoms with Crippen molar-refractivity contribution >= 4 is 28.3 Å². The SMILES string of the molecule is CCCCC(=O)n1cc(CN(C(=O)C2=C(c3cccc(-c4ccccc4)c3)CCNC2)C2CC2)c2ccccc21. The smallest absolute Gasteiger partial charge is 0.251 e. The number of nitrogens with one attached hydrogen (secondary N) is 1. The van der Waals surface area contributed by atoms with Gasteiger partial charge in [-0.1, -0.05) is 80.1 Å². The number of nitrogens with zero attached hydrogens (tertiary/aromatic N) is 2. The second kappa shape index (κ2) is 11.6. The van der Waals surface area contributed by atoms with Gasteiger partial charge in [0.15, 0.2) is 0 Å². The van der Waals surface area contributed by atoms with E-state index in [1.807, 2.05) is 30.5 Å². The number of rotatable bonds is 9. The molecule has 2 aliphatic rings. The molecule has 0 saturated heterocycles. The van der Waals surface area contributed by atoms with E-state index in [-0.39, 0.29) is 17.9 Å². The Balaban J connectivity index is 1.34. The molecule has 1 N–H and O–H groups in total. The first kappa shape index (κ1) is 26.3. The molecule has 6 rings (SSSR count). The Labute approximate surface area is 236 Å². The highest BCUT2D eigenvalue weighted by Gasteiger charge is 2.36. The Morgan fingerprint density at radius 1 is 0.925 bits per heavy atom. The van der Waals surface area contributed by atoms with E-state index in [2.05, 4.69) is 71.7 Å². The van der Waals surface area contributed by atoms with Gasteiger partial charge >= 0.3 is 0 Å². The molecule has 2 heterocycles. The molecule has 4 aromatic rings. The lowest BCUT2D eigenvalue weighted by Crippen LogP contribution is -2.39. The topological polar surface area (TPSA) is 54.3 Å². The highest BCUT2D eigenvalue weighted by Crippen LogP contribution is 2.35. The van der Waals surface area contributed by atoms with Gasteiger partial charge in [0.25, 0.3) is 5.91 Å². The average molecular weight is 532 g/mol. The molecule has 5 nitrogen and oxygen atoms in total. The molecule has 0 bridgehead atoms. The number of para-hydroxylation sites is 1. The maximum atomic E-state index is 14.3. The molecule has 0 radical (unpaired) electrons. The lowest BCUT2D eigenvalue weighted by atomic mass is 9.91. The second-order valence-electron chi connectivity index (χ2n) is 11.0. The predicted molar refractivity (Wildman–Crippen MR) is 162 cm³/mol. The van der Waals surface area contributed by atoms with E-state index < -0.39 is 0 Å². The molecule has 0 unspecified atom stereocenters. The van der Waals surface area contributed by atoms with Crippen molar-refractivity contribution in [2.75, 3.05) is 13.1 Å². The third-order valence-corrected chi connectivity index (χ3v) is 8.19. The molecule has 1 aliphatic carbocycles. The zero-order valence-electron chi connectivity index (χ0n) is 23.2. The van der Waals surface area contributed by atoms with Crippen molar-refractivity contribution < 1.29 is 9.59 Å². The van der Waals surface area contributed by atoms with Crippen molar-refractivity contribution in [2.45, 2.75) is 58.0 Å². The summed E-state index contributed by atoms with van der Waals surface area (Å²) in [5, 5.41) is 4.51. The minimum atomic E-state index is 0.115. The first-order valence-corrected chi connectivity index (χ1v) is 14.7. The van der Waals surface area contributed by atoms with E-state index in [1.54, 1.807) is 4.57 Å². The zero-order chi connectivity index (χ0) is 27.5. The van der Waals surface area contributed by atoms with Crippen molar-refractivity contribution in [1.29, 1.82) is 0 Å². The monoisotopic (exact) mass is 531 g/mol. The molecular formula is C35H37N3O2. The summed E-state index contributed by atoms with van der Waals surface area (Å²) in [5.41, 5.74) is 7.44. The van der Waals surface area contributed by atoms with Gasteiger partial charge in [-0.3, -0.25) is 14.2 Å². The summed E-state index contributed by atoms with van der Waals surface area (Å²) in [4.78, 5) is 29.4. The molecule has 204 valence electrons. The summed E-state index contributed by atoms with van der Waals surface area (Å²) in [6, 6.07) is 27.3. The van der Waals surface area contributed by atoms with E-state index in [4.69, 9.17) is 0 Å². The number of hydrogen-bond donors (Lipinski definition) is 1. The molecule has 3 aromatic carbocycles. The minimum Gasteiger partial charge on any atom is -0.331 e. The average Bonchev–Trinajstić information content (AvgIpc) is 3.79. The van der Waals surface area contributed by atoms with E-state index in [1.165, 1.54) is 5.56 Å². The van der Waals surface area contributed by atoms with Gasteiger partial charge in [0, 0.05) is 42.7 Å². The molecule has 1 aromatic heterocycles. The van der Waals surface area contributed by atoms with Crippen LogP contribution in [0.2, 0.25) is 0 Å². The van der Waals surface area contributed by atoms with Crippen LogP contribution in [0.4, 0.5) is 0 Å². The minimum absolute atomic E-state index is 0.115. The van der Waals surface area contributed by atoms with Crippen LogP contribution in [0.1, 0.15) is 61.4 Å². The summed E-state index contributed by atoms with van der Waals surface area (Å²) < 4.78 is 1.80. The van der Waals surface area contributed by atoms with Gasteiger partial charge in [0.2, 0.25) is 5.91 Å². The quantitative estimate of drug-likeness (QED) is 0.251. The Morgan fingerprint density at radius 2 is 1.68 bits per heavy atom. The van der Waals surface area contributed by atoms with Crippen LogP contribution in [0.5, 0.6) is 0 Å². The van der Waals surface area contributed by atoms with Crippen LogP contribution in [-0.4, -0.2) is 40.4 Å². The van der Waals surface area contributed by atoms with Gasteiger partial charge in [-0.15, -0.1) is 0 Å². The van der Waals surface area contributed by atoms with Gasteiger partial charge in [-0.25, -0.2) is 0 Å². The Kier molecular flexibility index (Phi) is 7.65. The summed E-state index contributed by atoms with van der Waals surface area (Å²) in [7, 11) is 0. The Hall–Kier alpha value is -3.96. The first-order chi connectivity index (χ1) is 19.6. The van der Waals surface area contributed by atoms with Crippen LogP contribution in [0.3, 0.4) is 0 Å². The van der Waals surface area contributed by atoms with E-state index >= 15 is 0 Å². The number of carbonyl (C=O) groups is 2. The van der Waals surface area contributed by atoms with Crippen molar-refractivity contribution in [3.05, 3.63) is 102 Å². The number of fused-ring (bicyclic) bond motifs is 1. The molecule has 5 heteroatoms. The molecule has 1 fully saturated rings. The van der Waals surface area contributed by atoms with Crippen molar-refractivity contribution in [1.82, 2.24) is 14.8 Å². The number of unbranched alkanes of at least 4 members (excludes halogenated alkanes) is 1. The molecule has 1 amide bonds. The molecule has 40 heavy (non-hydrogen) atoms. The van der Waals surface area contributed by atoms with Crippen LogP contribution < -0.4 is 5.32 Å². The Morgan fingerprint density at radius 3 is 2.48 bits per heavy atom. The fourth-order valence-corrected chi connectivity index (χ4v) is 5.87. The zero-order valence-corrected chi connectivity index (χ0v) is 23.2. The van der Waals surface area contributed by atoms with E-state index in [9.17, 15) is 9.59 Å². The summed E-state index contributed by atoms with van der Waals surface area (Å²) in [6.45, 7) is 4.05. The summed E-state index contributed by atoms with van der Waals surface area (Å²) >= 11 is 0. The molecular weight excluding hydrogens is 494 g/mol. The largest absolute Gasteiger partial charge is 0.331 e. The standard InChI is InChI=1S/C35H37N3O2/c1-2-3-16-34(39)38-24-28(31-14-7-8-15-33(31)38)23-37(29-17-18-29)35(40)32-22-36-20-19-30(32)27-13-9-12-26(21-27)25-10-5-4-6-11-25/h4-15,21,24,29,36H,2-3,16-20,22-23H2,1H3. The maximum absolute atomic E-state index is 14.3. The van der Waals surface area contributed by atoms with Crippen LogP contribution in [0.15, 0.2) is 90.6 Å². The molecule has 0 spiro atoms. The van der Waals surface area contributed by atoms with Gasteiger partial charge in [-0.2, -0.15) is 0 Å². The third-order valence-electron chi connectivity index (χ3n) is 8.19. The van der Waals surface area contributed by atoms with Gasteiger partial charge in [0.1, 0.15) is 0 Å². The second-order valence-corrected chi connectivity index (χ2v) is 11.0. The van der Waals surface area contributed by atoms with Crippen LogP contribution in [0.25, 0.3) is 27.6 Å². The maximum Gasteiger partial charge on any atom is 0.251 e. The highest BCUT2D eigenvalue weighted by molar-refractivity contribution is 6.03. The third kappa shape index (κ3) is 5.39. The number of hydrogen-bond acceptors (Lipinski definition) is 3. The highest BCUT2D eigenvalue weighted by atomic mass is 16.2. The van der Waals surface area contributed by atoms with E-state index in [0.717, 1.165) is 77.4 Å². The van der Waals surface area contributed by atoms with Crippen molar-refractivity contribution in [3.8, 4) is 11.1 Å². The van der Waals surface area contributed by atoms with Crippen LogP contribution in [0, 0.1) is 0 Å². The Bertz CT molecular complexity index is 1560. The molecule has 1 saturated carbocycles. The number of amides is 1. The molecule has 0 atom stereocenters. The van der Waals surface area contributed by atoms with Gasteiger partial charge in [0.05, 0.1) is 5.52 Å². The van der Waals surface area contributed by atoms with Crippen LogP contribution in [-0.2, 0) is 11.3 Å². The fraction of sp³-hybridized carbons (Fsp3) is 0.314. The normalized spacial score (nSPS) is 15.4. The number of aromatic nitrogens is 1. The summed E-state index contributed by atoms with van der Waals surface area (Å²) in [5.74, 6) is 0.234. The van der Waals surface area contributed by atoms with Crippen LogP contribution >= 0.6 is 0 Å². The van der Waals surface area contributed by atoms with Crippen molar-refractivity contribution in [3.63, 3.8) is 0 Å². The fourth-order valence-electron chi connectivity index (χ4n) is 5.87. The first-order valence-electron chi connectivity index (χ1n) is 14.7. The summed E-state index contributed by atoms with van der Waals surface area (Å²) in [6.07, 6.45) is 7.25. The lowest BCUT2D eigenvalue weighted by Gasteiger charge is -2.28. The van der Waals surface area contributed by atoms with Gasteiger partial charge < -0.3 is 10.2 Å². The van der Waals surface area contributed by atoms with Crippen molar-refractivity contribution in [2.24, 2.45) is 0 Å².